The highest BCUT2D eigenvalue weighted by atomic mass is 16.1. The molecule has 0 fully saturated rings. The Morgan fingerprint density at radius 2 is 2.05 bits per heavy atom. The summed E-state index contributed by atoms with van der Waals surface area (Å²) in [6.07, 6.45) is 2.57. The highest BCUT2D eigenvalue weighted by molar-refractivity contribution is 5.93. The molecule has 0 bridgehead atoms. The van der Waals surface area contributed by atoms with Crippen LogP contribution in [0, 0.1) is 0 Å². The number of rotatable bonds is 6. The molecule has 5 heteroatoms. The van der Waals surface area contributed by atoms with Crippen molar-refractivity contribution >= 4 is 17.4 Å². The molecule has 4 N–H and O–H groups in total. The lowest BCUT2D eigenvalue weighted by Gasteiger charge is -2.24. The molecule has 0 atom stereocenters. The molecule has 0 unspecified atom stereocenters. The number of anilines is 2. The number of hydrogen-bond acceptors (Lipinski definition) is 4. The fourth-order valence-corrected chi connectivity index (χ4v) is 2.17. The summed E-state index contributed by atoms with van der Waals surface area (Å²) in [6.45, 7) is 3.57. The second kappa shape index (κ2) is 6.74. The van der Waals surface area contributed by atoms with Crippen LogP contribution >= 0.6 is 0 Å². The van der Waals surface area contributed by atoms with E-state index < -0.39 is 5.91 Å². The first-order valence-electron chi connectivity index (χ1n) is 6.96. The maximum absolute atomic E-state index is 11.3. The summed E-state index contributed by atoms with van der Waals surface area (Å²) in [5.74, 6) is 0.283. The molecule has 0 aliphatic carbocycles. The van der Waals surface area contributed by atoms with Crippen molar-refractivity contribution in [2.24, 2.45) is 5.73 Å². The van der Waals surface area contributed by atoms with Gasteiger partial charge < -0.3 is 16.4 Å². The van der Waals surface area contributed by atoms with Crippen LogP contribution in [0.1, 0.15) is 29.3 Å². The number of amides is 1. The van der Waals surface area contributed by atoms with Gasteiger partial charge in [-0.1, -0.05) is 25.1 Å². The fourth-order valence-electron chi connectivity index (χ4n) is 2.17. The maximum Gasteiger partial charge on any atom is 0.248 e. The topological polar surface area (TPSA) is 85.2 Å². The zero-order chi connectivity index (χ0) is 15.2. The number of aromatic nitrogens is 1. The van der Waals surface area contributed by atoms with Gasteiger partial charge >= 0.3 is 0 Å². The van der Waals surface area contributed by atoms with Gasteiger partial charge in [-0.2, -0.15) is 0 Å². The van der Waals surface area contributed by atoms with E-state index >= 15 is 0 Å². The van der Waals surface area contributed by atoms with Gasteiger partial charge in [0.25, 0.3) is 0 Å². The molecule has 2 rings (SSSR count). The Hall–Kier alpha value is -2.56. The summed E-state index contributed by atoms with van der Waals surface area (Å²) in [7, 11) is 0. The number of hydrogen-bond donors (Lipinski definition) is 2. The third kappa shape index (κ3) is 3.72. The second-order valence-electron chi connectivity index (χ2n) is 4.89. The number of pyridine rings is 1. The van der Waals surface area contributed by atoms with Crippen LogP contribution < -0.4 is 16.4 Å². The van der Waals surface area contributed by atoms with Crippen molar-refractivity contribution in [3.63, 3.8) is 0 Å². The molecule has 0 saturated heterocycles. The number of carbonyl (C=O) groups excluding carboxylic acids is 1. The van der Waals surface area contributed by atoms with Crippen LogP contribution in [-0.4, -0.2) is 17.4 Å². The lowest BCUT2D eigenvalue weighted by molar-refractivity contribution is 0.1000. The van der Waals surface area contributed by atoms with Crippen molar-refractivity contribution in [2.45, 2.75) is 19.9 Å². The number of para-hydroxylation sites is 1. The first kappa shape index (κ1) is 14.8. The predicted octanol–water partition coefficient (Wildman–Crippen LogP) is 2.18. The van der Waals surface area contributed by atoms with Crippen molar-refractivity contribution in [3.05, 3.63) is 53.7 Å². The van der Waals surface area contributed by atoms with Crippen LogP contribution in [-0.2, 0) is 6.54 Å². The fraction of sp³-hybridized carbons (Fsp3) is 0.250. The standard InChI is InChI=1S/C16H20N4O/c1-2-9-20(11-13-5-3-4-6-14(13)17)15-10-12(16(18)21)7-8-19-15/h3-8,10H,2,9,11,17H2,1H3,(H2,18,21). The minimum atomic E-state index is -0.450. The molecule has 21 heavy (non-hydrogen) atoms. The van der Waals surface area contributed by atoms with Gasteiger partial charge in [-0.05, 0) is 30.2 Å². The summed E-state index contributed by atoms with van der Waals surface area (Å²) < 4.78 is 0. The van der Waals surface area contributed by atoms with E-state index in [1.54, 1.807) is 18.3 Å². The number of carbonyl (C=O) groups is 1. The molecule has 1 heterocycles. The Morgan fingerprint density at radius 1 is 1.29 bits per heavy atom. The van der Waals surface area contributed by atoms with Crippen LogP contribution in [0.4, 0.5) is 11.5 Å². The predicted molar refractivity (Wildman–Crippen MR) is 85.0 cm³/mol. The van der Waals surface area contributed by atoms with E-state index in [4.69, 9.17) is 11.5 Å². The van der Waals surface area contributed by atoms with E-state index in [2.05, 4.69) is 16.8 Å². The molecule has 110 valence electrons. The minimum absolute atomic E-state index is 0.450. The Bertz CT molecular complexity index is 627. The Balaban J connectivity index is 2.28. The lowest BCUT2D eigenvalue weighted by Crippen LogP contribution is -2.25. The summed E-state index contributed by atoms with van der Waals surface area (Å²) in [5.41, 5.74) is 13.6. The average molecular weight is 284 g/mol. The van der Waals surface area contributed by atoms with Gasteiger partial charge in [-0.15, -0.1) is 0 Å². The molecule has 0 aliphatic heterocycles. The summed E-state index contributed by atoms with van der Waals surface area (Å²) in [4.78, 5) is 17.7. The SMILES string of the molecule is CCCN(Cc1ccccc1N)c1cc(C(N)=O)ccn1. The Morgan fingerprint density at radius 3 is 2.71 bits per heavy atom. The number of nitrogens with two attached hydrogens (primary N) is 2. The molecule has 1 amide bonds. The quantitative estimate of drug-likeness (QED) is 0.796. The highest BCUT2D eigenvalue weighted by Crippen LogP contribution is 2.19. The Labute approximate surface area is 124 Å². The molecular weight excluding hydrogens is 264 g/mol. The first-order valence-corrected chi connectivity index (χ1v) is 6.96. The minimum Gasteiger partial charge on any atom is -0.398 e. The van der Waals surface area contributed by atoms with Crippen molar-refractivity contribution in [1.82, 2.24) is 4.98 Å². The van der Waals surface area contributed by atoms with Crippen LogP contribution in [0.3, 0.4) is 0 Å². The molecule has 0 spiro atoms. The molecular formula is C16H20N4O. The van der Waals surface area contributed by atoms with Crippen LogP contribution in [0.25, 0.3) is 0 Å². The largest absolute Gasteiger partial charge is 0.398 e. The zero-order valence-electron chi connectivity index (χ0n) is 12.1. The molecule has 0 radical (unpaired) electrons. The average Bonchev–Trinajstić information content (AvgIpc) is 2.49. The van der Waals surface area contributed by atoms with E-state index in [0.717, 1.165) is 30.0 Å². The molecule has 2 aromatic rings. The first-order chi connectivity index (χ1) is 10.1. The van der Waals surface area contributed by atoms with Crippen molar-refractivity contribution in [3.8, 4) is 0 Å². The molecule has 1 aromatic carbocycles. The summed E-state index contributed by atoms with van der Waals surface area (Å²) in [6, 6.07) is 11.1. The molecule has 0 saturated carbocycles. The van der Waals surface area contributed by atoms with E-state index in [0.29, 0.717) is 12.1 Å². The van der Waals surface area contributed by atoms with E-state index in [1.165, 1.54) is 0 Å². The van der Waals surface area contributed by atoms with E-state index in [9.17, 15) is 4.79 Å². The molecule has 1 aromatic heterocycles. The van der Waals surface area contributed by atoms with Gasteiger partial charge in [-0.25, -0.2) is 4.98 Å². The second-order valence-corrected chi connectivity index (χ2v) is 4.89. The summed E-state index contributed by atoms with van der Waals surface area (Å²) in [5, 5.41) is 0. The third-order valence-corrected chi connectivity index (χ3v) is 3.26. The third-order valence-electron chi connectivity index (χ3n) is 3.26. The highest BCUT2D eigenvalue weighted by Gasteiger charge is 2.11. The van der Waals surface area contributed by atoms with Gasteiger partial charge in [0.05, 0.1) is 0 Å². The number of nitrogens with zero attached hydrogens (tertiary/aromatic N) is 2. The van der Waals surface area contributed by atoms with Crippen LogP contribution in [0.15, 0.2) is 42.6 Å². The van der Waals surface area contributed by atoms with Gasteiger partial charge in [0.2, 0.25) is 5.91 Å². The monoisotopic (exact) mass is 284 g/mol. The maximum atomic E-state index is 11.3. The van der Waals surface area contributed by atoms with E-state index in [1.807, 2.05) is 24.3 Å². The number of nitrogen functional groups attached to an aromatic ring is 1. The molecule has 0 aliphatic rings. The number of benzene rings is 1. The summed E-state index contributed by atoms with van der Waals surface area (Å²) >= 11 is 0. The van der Waals surface area contributed by atoms with Crippen LogP contribution in [0.5, 0.6) is 0 Å². The van der Waals surface area contributed by atoms with Gasteiger partial charge in [0.1, 0.15) is 5.82 Å². The van der Waals surface area contributed by atoms with E-state index in [-0.39, 0.29) is 0 Å². The van der Waals surface area contributed by atoms with Gasteiger partial charge in [0, 0.05) is 30.5 Å². The van der Waals surface area contributed by atoms with Gasteiger partial charge in [0.15, 0.2) is 0 Å². The van der Waals surface area contributed by atoms with Crippen molar-refractivity contribution in [2.75, 3.05) is 17.2 Å². The normalized spacial score (nSPS) is 10.3. The van der Waals surface area contributed by atoms with Crippen molar-refractivity contribution in [1.29, 1.82) is 0 Å². The molecule has 5 nitrogen and oxygen atoms in total. The Kier molecular flexibility index (Phi) is 4.77. The number of primary amides is 1. The van der Waals surface area contributed by atoms with Crippen LogP contribution in [0.2, 0.25) is 0 Å². The van der Waals surface area contributed by atoms with Gasteiger partial charge in [-0.3, -0.25) is 4.79 Å². The lowest BCUT2D eigenvalue weighted by atomic mass is 10.1. The smallest absolute Gasteiger partial charge is 0.248 e. The zero-order valence-corrected chi connectivity index (χ0v) is 12.1. The van der Waals surface area contributed by atoms with Crippen molar-refractivity contribution < 1.29 is 4.79 Å².